The molecule has 0 saturated carbocycles. The maximum Gasteiger partial charge on any atom is 0.230 e. The minimum Gasteiger partial charge on any atom is -0.368 e. The van der Waals surface area contributed by atoms with Gasteiger partial charge in [-0.1, -0.05) is 37.9 Å². The zero-order valence-corrected chi connectivity index (χ0v) is 11.7. The van der Waals surface area contributed by atoms with E-state index in [-0.39, 0.29) is 17.9 Å². The van der Waals surface area contributed by atoms with Gasteiger partial charge in [-0.15, -0.1) is 5.10 Å². The van der Waals surface area contributed by atoms with Gasteiger partial charge in [0, 0.05) is 6.04 Å². The van der Waals surface area contributed by atoms with Crippen LogP contribution in [0.2, 0.25) is 0 Å². The first-order valence-electron chi connectivity index (χ1n) is 6.21. The fourth-order valence-corrected chi connectivity index (χ4v) is 2.16. The van der Waals surface area contributed by atoms with Crippen LogP contribution in [0, 0.1) is 0 Å². The molecule has 0 fully saturated rings. The zero-order valence-electron chi connectivity index (χ0n) is 10.9. The van der Waals surface area contributed by atoms with E-state index in [2.05, 4.69) is 27.4 Å². The standard InChI is InChI=1S/C11H21N5OS/c1-3-4-5-6-8(2)13-9(17)7-18-11-14-10(12)15-16-11/h8H,3-7H2,1-2H3,(H,13,17)(H3,12,14,15,16)/t8-/m1/s1. The van der Waals surface area contributed by atoms with Gasteiger partial charge < -0.3 is 11.1 Å². The Morgan fingerprint density at radius 2 is 2.33 bits per heavy atom. The molecule has 4 N–H and O–H groups in total. The lowest BCUT2D eigenvalue weighted by atomic mass is 10.1. The van der Waals surface area contributed by atoms with Crippen molar-refractivity contribution in [1.82, 2.24) is 20.5 Å². The lowest BCUT2D eigenvalue weighted by molar-refractivity contribution is -0.119. The lowest BCUT2D eigenvalue weighted by Gasteiger charge is -2.12. The number of unbranched alkanes of at least 4 members (excludes halogenated alkanes) is 2. The van der Waals surface area contributed by atoms with Crippen molar-refractivity contribution < 1.29 is 4.79 Å². The third kappa shape index (κ3) is 5.90. The summed E-state index contributed by atoms with van der Waals surface area (Å²) < 4.78 is 0. The van der Waals surface area contributed by atoms with Gasteiger partial charge in [-0.25, -0.2) is 5.10 Å². The summed E-state index contributed by atoms with van der Waals surface area (Å²) in [5.41, 5.74) is 5.39. The molecule has 0 saturated heterocycles. The minimum absolute atomic E-state index is 0.00682. The Bertz CT molecular complexity index is 368. The second kappa shape index (κ2) is 7.97. The van der Waals surface area contributed by atoms with E-state index < -0.39 is 0 Å². The summed E-state index contributed by atoms with van der Waals surface area (Å²) in [4.78, 5) is 15.6. The lowest BCUT2D eigenvalue weighted by Crippen LogP contribution is -2.33. The quantitative estimate of drug-likeness (QED) is 0.492. The number of anilines is 1. The summed E-state index contributed by atoms with van der Waals surface area (Å²) in [6, 6.07) is 0.224. The molecule has 0 aliphatic heterocycles. The van der Waals surface area contributed by atoms with Crippen molar-refractivity contribution in [2.75, 3.05) is 11.5 Å². The monoisotopic (exact) mass is 271 g/mol. The summed E-state index contributed by atoms with van der Waals surface area (Å²) in [5, 5.41) is 9.84. The number of amides is 1. The number of H-pyrrole nitrogens is 1. The molecular formula is C11H21N5OS. The Morgan fingerprint density at radius 3 is 2.94 bits per heavy atom. The fourth-order valence-electron chi connectivity index (χ4n) is 1.54. The van der Waals surface area contributed by atoms with Crippen LogP contribution < -0.4 is 11.1 Å². The fraction of sp³-hybridized carbons (Fsp3) is 0.727. The molecule has 1 rings (SSSR count). The van der Waals surface area contributed by atoms with Crippen LogP contribution >= 0.6 is 11.8 Å². The van der Waals surface area contributed by atoms with Gasteiger partial charge in [0.1, 0.15) is 0 Å². The van der Waals surface area contributed by atoms with E-state index in [1.807, 2.05) is 6.92 Å². The normalized spacial score (nSPS) is 12.3. The number of nitrogens with two attached hydrogens (primary N) is 1. The molecule has 0 unspecified atom stereocenters. The highest BCUT2D eigenvalue weighted by atomic mass is 32.2. The second-order valence-electron chi connectivity index (χ2n) is 4.26. The number of aromatic amines is 1. The predicted octanol–water partition coefficient (Wildman–Crippen LogP) is 1.56. The second-order valence-corrected chi connectivity index (χ2v) is 5.20. The van der Waals surface area contributed by atoms with E-state index in [9.17, 15) is 4.79 Å². The smallest absolute Gasteiger partial charge is 0.230 e. The number of carbonyl (C=O) groups is 1. The van der Waals surface area contributed by atoms with Crippen molar-refractivity contribution in [1.29, 1.82) is 0 Å². The van der Waals surface area contributed by atoms with Gasteiger partial charge in [-0.2, -0.15) is 4.98 Å². The molecule has 1 amide bonds. The largest absolute Gasteiger partial charge is 0.368 e. The minimum atomic E-state index is 0.00682. The predicted molar refractivity (Wildman–Crippen MR) is 73.3 cm³/mol. The van der Waals surface area contributed by atoms with Gasteiger partial charge in [0.05, 0.1) is 5.75 Å². The number of nitrogens with one attached hydrogen (secondary N) is 2. The molecule has 18 heavy (non-hydrogen) atoms. The zero-order chi connectivity index (χ0) is 13.4. The molecular weight excluding hydrogens is 250 g/mol. The maximum absolute atomic E-state index is 11.6. The number of nitrogens with zero attached hydrogens (tertiary/aromatic N) is 2. The van der Waals surface area contributed by atoms with E-state index in [4.69, 9.17) is 5.73 Å². The molecule has 1 aromatic rings. The highest BCUT2D eigenvalue weighted by molar-refractivity contribution is 7.99. The number of aromatic nitrogens is 3. The summed E-state index contributed by atoms with van der Waals surface area (Å²) >= 11 is 1.27. The maximum atomic E-state index is 11.6. The first-order valence-corrected chi connectivity index (χ1v) is 7.20. The summed E-state index contributed by atoms with van der Waals surface area (Å²) in [6.07, 6.45) is 4.59. The number of rotatable bonds is 8. The third-order valence-electron chi connectivity index (χ3n) is 2.46. The van der Waals surface area contributed by atoms with E-state index >= 15 is 0 Å². The Kier molecular flexibility index (Phi) is 6.56. The molecule has 0 bridgehead atoms. The van der Waals surface area contributed by atoms with Crippen molar-refractivity contribution in [3.63, 3.8) is 0 Å². The Labute approximate surface area is 112 Å². The molecule has 6 nitrogen and oxygen atoms in total. The number of hydrogen-bond donors (Lipinski definition) is 3. The molecule has 0 aromatic carbocycles. The molecule has 1 atom stereocenters. The Hall–Kier alpha value is -1.24. The first-order chi connectivity index (χ1) is 8.61. The van der Waals surface area contributed by atoms with Gasteiger partial charge in [-0.05, 0) is 13.3 Å². The van der Waals surface area contributed by atoms with Gasteiger partial charge in [0.2, 0.25) is 17.0 Å². The van der Waals surface area contributed by atoms with Crippen LogP contribution in [0.5, 0.6) is 0 Å². The summed E-state index contributed by atoms with van der Waals surface area (Å²) in [7, 11) is 0. The van der Waals surface area contributed by atoms with Crippen LogP contribution in [-0.4, -0.2) is 32.9 Å². The van der Waals surface area contributed by atoms with Gasteiger partial charge in [-0.3, -0.25) is 4.79 Å². The van der Waals surface area contributed by atoms with Crippen molar-refractivity contribution in [2.45, 2.75) is 50.7 Å². The number of thioether (sulfide) groups is 1. The average Bonchev–Trinajstić information content (AvgIpc) is 2.73. The van der Waals surface area contributed by atoms with Gasteiger partial charge >= 0.3 is 0 Å². The van der Waals surface area contributed by atoms with Crippen LogP contribution in [0.25, 0.3) is 0 Å². The van der Waals surface area contributed by atoms with Crippen molar-refractivity contribution in [3.05, 3.63) is 0 Å². The van der Waals surface area contributed by atoms with E-state index in [1.165, 1.54) is 24.6 Å². The Balaban J connectivity index is 2.16. The van der Waals surface area contributed by atoms with Crippen molar-refractivity contribution in [3.8, 4) is 0 Å². The number of carbonyl (C=O) groups excluding carboxylic acids is 1. The molecule has 0 aliphatic rings. The van der Waals surface area contributed by atoms with Gasteiger partial charge in [0.15, 0.2) is 0 Å². The average molecular weight is 271 g/mol. The van der Waals surface area contributed by atoms with Crippen LogP contribution in [-0.2, 0) is 4.79 Å². The van der Waals surface area contributed by atoms with E-state index in [0.29, 0.717) is 10.9 Å². The Morgan fingerprint density at radius 1 is 1.56 bits per heavy atom. The molecule has 1 aromatic heterocycles. The number of nitrogen functional groups attached to an aromatic ring is 1. The molecule has 102 valence electrons. The molecule has 1 heterocycles. The van der Waals surface area contributed by atoms with E-state index in [0.717, 1.165) is 12.8 Å². The van der Waals surface area contributed by atoms with Crippen LogP contribution in [0.4, 0.5) is 5.95 Å². The summed E-state index contributed by atoms with van der Waals surface area (Å²) in [6.45, 7) is 4.20. The molecule has 0 aliphatic carbocycles. The van der Waals surface area contributed by atoms with Gasteiger partial charge in [0.25, 0.3) is 0 Å². The topological polar surface area (TPSA) is 96.7 Å². The summed E-state index contributed by atoms with van der Waals surface area (Å²) in [5.74, 6) is 0.591. The first kappa shape index (κ1) is 14.8. The third-order valence-corrected chi connectivity index (χ3v) is 3.31. The van der Waals surface area contributed by atoms with Crippen molar-refractivity contribution in [2.24, 2.45) is 0 Å². The highest BCUT2D eigenvalue weighted by Gasteiger charge is 2.09. The number of hydrogen-bond acceptors (Lipinski definition) is 5. The van der Waals surface area contributed by atoms with E-state index in [1.54, 1.807) is 0 Å². The highest BCUT2D eigenvalue weighted by Crippen LogP contribution is 2.12. The van der Waals surface area contributed by atoms with Crippen LogP contribution in [0.3, 0.4) is 0 Å². The molecule has 7 heteroatoms. The molecule has 0 radical (unpaired) electrons. The molecule has 0 spiro atoms. The van der Waals surface area contributed by atoms with Crippen molar-refractivity contribution >= 4 is 23.6 Å². The van der Waals surface area contributed by atoms with Crippen LogP contribution in [0.15, 0.2) is 5.16 Å². The van der Waals surface area contributed by atoms with Crippen LogP contribution in [0.1, 0.15) is 39.5 Å². The SMILES string of the molecule is CCCCC[C@@H](C)NC(=O)CSc1n[nH]c(N)n1.